The summed E-state index contributed by atoms with van der Waals surface area (Å²) in [6, 6.07) is 2.02. The molecule has 1 aromatic carbocycles. The van der Waals surface area contributed by atoms with Crippen molar-refractivity contribution in [3.8, 4) is 11.5 Å². The Morgan fingerprint density at radius 2 is 1.82 bits per heavy atom. The third-order valence-electron chi connectivity index (χ3n) is 2.08. The van der Waals surface area contributed by atoms with Gasteiger partial charge in [0.1, 0.15) is 0 Å². The van der Waals surface area contributed by atoms with Gasteiger partial charge in [-0.2, -0.15) is 13.2 Å². The quantitative estimate of drug-likeness (QED) is 0.918. The first kappa shape index (κ1) is 13.9. The second-order valence-corrected chi connectivity index (χ2v) is 3.59. The number of ether oxygens (including phenoxy) is 2. The topological polar surface area (TPSA) is 38.7 Å². The zero-order valence-corrected chi connectivity index (χ0v) is 9.76. The summed E-state index contributed by atoms with van der Waals surface area (Å²) in [5.74, 6) is 0.144. The van der Waals surface area contributed by atoms with E-state index in [0.717, 1.165) is 12.1 Å². The Kier molecular flexibility index (Phi) is 4.11. The van der Waals surface area contributed by atoms with Crippen LogP contribution in [0.5, 0.6) is 11.5 Å². The smallest absolute Gasteiger partial charge is 0.418 e. The molecule has 96 valence electrons. The van der Waals surface area contributed by atoms with Crippen LogP contribution in [0.2, 0.25) is 5.02 Å². The van der Waals surface area contributed by atoms with Crippen molar-refractivity contribution < 1.29 is 27.8 Å². The minimum Gasteiger partial charge on any atom is -0.493 e. The van der Waals surface area contributed by atoms with Crippen molar-refractivity contribution in [2.45, 2.75) is 12.3 Å². The van der Waals surface area contributed by atoms with Gasteiger partial charge in [0.05, 0.1) is 19.2 Å². The van der Waals surface area contributed by atoms with Crippen LogP contribution in [0.4, 0.5) is 13.2 Å². The van der Waals surface area contributed by atoms with Crippen molar-refractivity contribution in [2.75, 3.05) is 14.2 Å². The molecule has 0 radical (unpaired) electrons. The van der Waals surface area contributed by atoms with Crippen molar-refractivity contribution in [1.29, 1.82) is 0 Å². The summed E-state index contributed by atoms with van der Waals surface area (Å²) in [6.07, 6.45) is -7.37. The van der Waals surface area contributed by atoms with Gasteiger partial charge in [0.15, 0.2) is 17.6 Å². The van der Waals surface area contributed by atoms with Crippen LogP contribution in [-0.2, 0) is 0 Å². The molecule has 7 heteroatoms. The molecule has 0 saturated carbocycles. The zero-order chi connectivity index (χ0) is 13.2. The number of hydrogen-bond donors (Lipinski definition) is 1. The summed E-state index contributed by atoms with van der Waals surface area (Å²) in [7, 11) is 2.57. The number of alkyl halides is 3. The molecule has 0 bridgehead atoms. The van der Waals surface area contributed by atoms with Crippen LogP contribution in [0.3, 0.4) is 0 Å². The maximum absolute atomic E-state index is 12.3. The maximum Gasteiger partial charge on any atom is 0.418 e. The van der Waals surface area contributed by atoms with Gasteiger partial charge in [0, 0.05) is 0 Å². The van der Waals surface area contributed by atoms with E-state index >= 15 is 0 Å². The largest absolute Gasteiger partial charge is 0.493 e. The molecule has 1 aromatic rings. The molecule has 0 spiro atoms. The molecule has 0 unspecified atom stereocenters. The van der Waals surface area contributed by atoms with Gasteiger partial charge in [-0.3, -0.25) is 0 Å². The fraction of sp³-hybridized carbons (Fsp3) is 0.400. The third-order valence-corrected chi connectivity index (χ3v) is 2.36. The normalized spacial score (nSPS) is 13.4. The molecule has 0 heterocycles. The van der Waals surface area contributed by atoms with Crippen molar-refractivity contribution in [1.82, 2.24) is 0 Å². The van der Waals surface area contributed by atoms with E-state index in [1.54, 1.807) is 0 Å². The average molecular weight is 271 g/mol. The molecule has 1 atom stereocenters. The highest BCUT2D eigenvalue weighted by molar-refractivity contribution is 6.32. The van der Waals surface area contributed by atoms with E-state index in [1.165, 1.54) is 14.2 Å². The van der Waals surface area contributed by atoms with E-state index in [4.69, 9.17) is 26.2 Å². The summed E-state index contributed by atoms with van der Waals surface area (Å²) in [4.78, 5) is 0. The number of halogens is 4. The highest BCUT2D eigenvalue weighted by Crippen LogP contribution is 2.41. The van der Waals surface area contributed by atoms with Crippen LogP contribution in [0.25, 0.3) is 0 Å². The van der Waals surface area contributed by atoms with Gasteiger partial charge in [0.2, 0.25) is 0 Å². The molecule has 1 N–H and O–H groups in total. The van der Waals surface area contributed by atoms with Crippen molar-refractivity contribution in [3.05, 3.63) is 22.7 Å². The second kappa shape index (κ2) is 5.01. The number of rotatable bonds is 3. The van der Waals surface area contributed by atoms with Gasteiger partial charge in [-0.05, 0) is 17.7 Å². The lowest BCUT2D eigenvalue weighted by molar-refractivity contribution is -0.206. The number of benzene rings is 1. The van der Waals surface area contributed by atoms with Crippen LogP contribution in [-0.4, -0.2) is 25.5 Å². The van der Waals surface area contributed by atoms with Crippen molar-refractivity contribution >= 4 is 11.6 Å². The minimum absolute atomic E-state index is 0.0262. The summed E-state index contributed by atoms with van der Waals surface area (Å²) < 4.78 is 46.7. The first-order chi connectivity index (χ1) is 7.81. The zero-order valence-electron chi connectivity index (χ0n) is 9.01. The Labute approximate surface area is 101 Å². The van der Waals surface area contributed by atoms with Crippen LogP contribution >= 0.6 is 11.6 Å². The molecular formula is C10H10ClF3O3. The summed E-state index contributed by atoms with van der Waals surface area (Å²) in [5.41, 5.74) is -0.403. The lowest BCUT2D eigenvalue weighted by atomic mass is 10.1. The van der Waals surface area contributed by atoms with Crippen LogP contribution in [0.1, 0.15) is 11.7 Å². The van der Waals surface area contributed by atoms with E-state index in [-0.39, 0.29) is 16.5 Å². The molecule has 0 aromatic heterocycles. The molecule has 1 rings (SSSR count). The van der Waals surface area contributed by atoms with Gasteiger partial charge >= 0.3 is 6.18 Å². The van der Waals surface area contributed by atoms with E-state index in [9.17, 15) is 13.2 Å². The van der Waals surface area contributed by atoms with Crippen molar-refractivity contribution in [3.63, 3.8) is 0 Å². The first-order valence-corrected chi connectivity index (χ1v) is 4.85. The van der Waals surface area contributed by atoms with E-state index in [1.807, 2.05) is 0 Å². The third kappa shape index (κ3) is 2.95. The molecule has 0 aliphatic heterocycles. The van der Waals surface area contributed by atoms with Crippen molar-refractivity contribution in [2.24, 2.45) is 0 Å². The Hall–Kier alpha value is -1.14. The highest BCUT2D eigenvalue weighted by Gasteiger charge is 2.40. The Bertz CT molecular complexity index is 407. The van der Waals surface area contributed by atoms with Gasteiger partial charge in [-0.25, -0.2) is 0 Å². The van der Waals surface area contributed by atoms with Crippen LogP contribution < -0.4 is 9.47 Å². The number of aliphatic hydroxyl groups is 1. The molecule has 0 amide bonds. The fourth-order valence-electron chi connectivity index (χ4n) is 1.28. The molecule has 0 aliphatic carbocycles. The second-order valence-electron chi connectivity index (χ2n) is 3.18. The molecule has 17 heavy (non-hydrogen) atoms. The van der Waals surface area contributed by atoms with Gasteiger partial charge in [-0.1, -0.05) is 11.6 Å². The van der Waals surface area contributed by atoms with Crippen LogP contribution in [0, 0.1) is 0 Å². The summed E-state index contributed by atoms with van der Waals surface area (Å²) in [5, 5.41) is 9.02. The molecule has 0 fully saturated rings. The number of methoxy groups -OCH3 is 2. The van der Waals surface area contributed by atoms with Gasteiger partial charge in [0.25, 0.3) is 0 Å². The van der Waals surface area contributed by atoms with E-state index in [2.05, 4.69) is 0 Å². The Morgan fingerprint density at radius 1 is 1.24 bits per heavy atom. The molecule has 3 nitrogen and oxygen atoms in total. The Balaban J connectivity index is 3.25. The highest BCUT2D eigenvalue weighted by atomic mass is 35.5. The summed E-state index contributed by atoms with van der Waals surface area (Å²) >= 11 is 5.72. The van der Waals surface area contributed by atoms with E-state index < -0.39 is 17.8 Å². The predicted octanol–water partition coefficient (Wildman–Crippen LogP) is 2.95. The standard InChI is InChI=1S/C10H10ClF3O3/c1-16-7-4-5(9(15)10(12,13)14)3-6(11)8(7)17-2/h3-4,9,15H,1-2H3/t9-/m1/s1. The monoisotopic (exact) mass is 270 g/mol. The number of aliphatic hydroxyl groups excluding tert-OH is 1. The van der Waals surface area contributed by atoms with Crippen LogP contribution in [0.15, 0.2) is 12.1 Å². The van der Waals surface area contributed by atoms with E-state index in [0.29, 0.717) is 0 Å². The first-order valence-electron chi connectivity index (χ1n) is 4.47. The lowest BCUT2D eigenvalue weighted by Gasteiger charge is -2.17. The fourth-order valence-corrected chi connectivity index (χ4v) is 1.58. The lowest BCUT2D eigenvalue weighted by Crippen LogP contribution is -2.20. The molecule has 0 saturated heterocycles. The maximum atomic E-state index is 12.3. The molecular weight excluding hydrogens is 261 g/mol. The average Bonchev–Trinajstić information content (AvgIpc) is 2.25. The minimum atomic E-state index is -4.76. The Morgan fingerprint density at radius 3 is 2.24 bits per heavy atom. The summed E-state index contributed by atoms with van der Waals surface area (Å²) in [6.45, 7) is 0. The predicted molar refractivity (Wildman–Crippen MR) is 55.6 cm³/mol. The SMILES string of the molecule is COc1cc([C@@H](O)C(F)(F)F)cc(Cl)c1OC. The van der Waals surface area contributed by atoms with Gasteiger partial charge < -0.3 is 14.6 Å². The number of hydrogen-bond acceptors (Lipinski definition) is 3. The van der Waals surface area contributed by atoms with Gasteiger partial charge in [-0.15, -0.1) is 0 Å². The molecule has 0 aliphatic rings.